The van der Waals surface area contributed by atoms with Crippen molar-refractivity contribution in [3.8, 4) is 5.75 Å². The quantitative estimate of drug-likeness (QED) is 0.868. The van der Waals surface area contributed by atoms with Crippen molar-refractivity contribution in [3.05, 3.63) is 28.2 Å². The van der Waals surface area contributed by atoms with E-state index in [1.54, 1.807) is 7.11 Å². The van der Waals surface area contributed by atoms with Gasteiger partial charge in [0.15, 0.2) is 0 Å². The van der Waals surface area contributed by atoms with Gasteiger partial charge in [-0.1, -0.05) is 15.9 Å². The lowest BCUT2D eigenvalue weighted by Crippen LogP contribution is -2.07. The number of aliphatic hydroxyl groups is 1. The molecule has 3 nitrogen and oxygen atoms in total. The number of nitrogens with two attached hydrogens (primary N) is 1. The SMILES string of the molecule is COc1ccc(Br)c([C@@H](O)CCN)c1. The van der Waals surface area contributed by atoms with Gasteiger partial charge in [0.1, 0.15) is 5.75 Å². The third kappa shape index (κ3) is 2.70. The summed E-state index contributed by atoms with van der Waals surface area (Å²) in [7, 11) is 1.60. The number of aliphatic hydroxyl groups excluding tert-OH is 1. The topological polar surface area (TPSA) is 55.5 Å². The predicted molar refractivity (Wildman–Crippen MR) is 59.3 cm³/mol. The van der Waals surface area contributed by atoms with Crippen LogP contribution in [0.1, 0.15) is 18.1 Å². The summed E-state index contributed by atoms with van der Waals surface area (Å²) < 4.78 is 5.95. The molecule has 1 aromatic rings. The Morgan fingerprint density at radius 3 is 2.86 bits per heavy atom. The average Bonchev–Trinajstić information content (AvgIpc) is 2.19. The second kappa shape index (κ2) is 5.34. The van der Waals surface area contributed by atoms with E-state index in [-0.39, 0.29) is 0 Å². The minimum Gasteiger partial charge on any atom is -0.497 e. The molecule has 0 saturated carbocycles. The van der Waals surface area contributed by atoms with Crippen molar-refractivity contribution < 1.29 is 9.84 Å². The van der Waals surface area contributed by atoms with Crippen LogP contribution in [0.5, 0.6) is 5.75 Å². The Kier molecular flexibility index (Phi) is 4.38. The number of ether oxygens (including phenoxy) is 1. The molecule has 1 atom stereocenters. The van der Waals surface area contributed by atoms with Crippen LogP contribution in [-0.4, -0.2) is 18.8 Å². The monoisotopic (exact) mass is 259 g/mol. The van der Waals surface area contributed by atoms with E-state index in [2.05, 4.69) is 15.9 Å². The van der Waals surface area contributed by atoms with E-state index in [1.807, 2.05) is 18.2 Å². The number of hydrogen-bond donors (Lipinski definition) is 2. The highest BCUT2D eigenvalue weighted by molar-refractivity contribution is 9.10. The molecule has 0 aliphatic rings. The van der Waals surface area contributed by atoms with Crippen molar-refractivity contribution in [2.24, 2.45) is 5.73 Å². The molecule has 4 heteroatoms. The molecule has 0 aromatic heterocycles. The predicted octanol–water partition coefficient (Wildman–Crippen LogP) is 1.84. The lowest BCUT2D eigenvalue weighted by atomic mass is 10.1. The summed E-state index contributed by atoms with van der Waals surface area (Å²) in [6, 6.07) is 5.50. The van der Waals surface area contributed by atoms with Crippen LogP contribution in [0.15, 0.2) is 22.7 Å². The number of halogens is 1. The summed E-state index contributed by atoms with van der Waals surface area (Å²) in [4.78, 5) is 0. The van der Waals surface area contributed by atoms with Gasteiger partial charge in [0.25, 0.3) is 0 Å². The number of benzene rings is 1. The Hall–Kier alpha value is -0.580. The zero-order valence-electron chi connectivity index (χ0n) is 8.03. The van der Waals surface area contributed by atoms with Crippen LogP contribution >= 0.6 is 15.9 Å². The summed E-state index contributed by atoms with van der Waals surface area (Å²) in [6.07, 6.45) is 0.00987. The van der Waals surface area contributed by atoms with Crippen LogP contribution < -0.4 is 10.5 Å². The smallest absolute Gasteiger partial charge is 0.119 e. The van der Waals surface area contributed by atoms with E-state index in [0.29, 0.717) is 13.0 Å². The lowest BCUT2D eigenvalue weighted by Gasteiger charge is -2.12. The summed E-state index contributed by atoms with van der Waals surface area (Å²) in [6.45, 7) is 0.463. The molecular formula is C10H14BrNO2. The molecule has 0 aliphatic heterocycles. The number of hydrogen-bond acceptors (Lipinski definition) is 3. The maximum absolute atomic E-state index is 9.76. The van der Waals surface area contributed by atoms with E-state index in [0.717, 1.165) is 15.8 Å². The van der Waals surface area contributed by atoms with Gasteiger partial charge in [-0.3, -0.25) is 0 Å². The van der Waals surface area contributed by atoms with Crippen LogP contribution in [0.3, 0.4) is 0 Å². The normalized spacial score (nSPS) is 12.6. The van der Waals surface area contributed by atoms with E-state index in [1.165, 1.54) is 0 Å². The number of rotatable bonds is 4. The highest BCUT2D eigenvalue weighted by Gasteiger charge is 2.11. The first-order valence-electron chi connectivity index (χ1n) is 4.40. The number of methoxy groups -OCH3 is 1. The Morgan fingerprint density at radius 1 is 1.57 bits per heavy atom. The van der Waals surface area contributed by atoms with Crippen molar-refractivity contribution in [3.63, 3.8) is 0 Å². The Labute approximate surface area is 92.0 Å². The third-order valence-electron chi connectivity index (χ3n) is 2.00. The van der Waals surface area contributed by atoms with E-state index in [4.69, 9.17) is 10.5 Å². The standard InChI is InChI=1S/C10H14BrNO2/c1-14-7-2-3-9(11)8(6-7)10(13)4-5-12/h2-3,6,10,13H,4-5,12H2,1H3/t10-/m0/s1. The first-order valence-corrected chi connectivity index (χ1v) is 5.20. The van der Waals surface area contributed by atoms with Crippen molar-refractivity contribution in [2.45, 2.75) is 12.5 Å². The molecule has 1 aromatic carbocycles. The maximum Gasteiger partial charge on any atom is 0.119 e. The summed E-state index contributed by atoms with van der Waals surface area (Å²) in [5, 5.41) is 9.76. The molecule has 0 amide bonds. The van der Waals surface area contributed by atoms with Gasteiger partial charge in [-0.05, 0) is 36.7 Å². The summed E-state index contributed by atoms with van der Waals surface area (Å²) >= 11 is 3.37. The van der Waals surface area contributed by atoms with Gasteiger partial charge < -0.3 is 15.6 Å². The molecule has 78 valence electrons. The molecule has 14 heavy (non-hydrogen) atoms. The van der Waals surface area contributed by atoms with Crippen LogP contribution in [0.4, 0.5) is 0 Å². The fourth-order valence-corrected chi connectivity index (χ4v) is 1.73. The molecular weight excluding hydrogens is 246 g/mol. The van der Waals surface area contributed by atoms with Gasteiger partial charge >= 0.3 is 0 Å². The zero-order chi connectivity index (χ0) is 10.6. The van der Waals surface area contributed by atoms with E-state index < -0.39 is 6.10 Å². The minimum absolute atomic E-state index is 0.463. The van der Waals surface area contributed by atoms with Gasteiger partial charge in [0.2, 0.25) is 0 Å². The van der Waals surface area contributed by atoms with Gasteiger partial charge in [-0.25, -0.2) is 0 Å². The zero-order valence-corrected chi connectivity index (χ0v) is 9.62. The largest absolute Gasteiger partial charge is 0.497 e. The van der Waals surface area contributed by atoms with E-state index >= 15 is 0 Å². The molecule has 0 heterocycles. The van der Waals surface area contributed by atoms with Crippen molar-refractivity contribution >= 4 is 15.9 Å². The van der Waals surface area contributed by atoms with Gasteiger partial charge in [0, 0.05) is 4.47 Å². The average molecular weight is 260 g/mol. The molecule has 0 spiro atoms. The molecule has 0 radical (unpaired) electrons. The maximum atomic E-state index is 9.76. The Morgan fingerprint density at radius 2 is 2.29 bits per heavy atom. The lowest BCUT2D eigenvalue weighted by molar-refractivity contribution is 0.169. The highest BCUT2D eigenvalue weighted by Crippen LogP contribution is 2.28. The molecule has 0 bridgehead atoms. The first kappa shape index (κ1) is 11.5. The molecule has 0 aliphatic carbocycles. The van der Waals surface area contributed by atoms with Gasteiger partial charge in [-0.15, -0.1) is 0 Å². The second-order valence-electron chi connectivity index (χ2n) is 2.98. The summed E-state index contributed by atoms with van der Waals surface area (Å²) in [5.74, 6) is 0.735. The van der Waals surface area contributed by atoms with Crippen molar-refractivity contribution in [1.29, 1.82) is 0 Å². The second-order valence-corrected chi connectivity index (χ2v) is 3.83. The Bertz CT molecular complexity index is 304. The van der Waals surface area contributed by atoms with Crippen LogP contribution in [0.25, 0.3) is 0 Å². The van der Waals surface area contributed by atoms with Gasteiger partial charge in [0.05, 0.1) is 13.2 Å². The minimum atomic E-state index is -0.538. The third-order valence-corrected chi connectivity index (χ3v) is 2.72. The molecule has 0 saturated heterocycles. The molecule has 0 unspecified atom stereocenters. The van der Waals surface area contributed by atoms with Crippen molar-refractivity contribution in [2.75, 3.05) is 13.7 Å². The molecule has 3 N–H and O–H groups in total. The molecule has 1 rings (SSSR count). The van der Waals surface area contributed by atoms with Crippen LogP contribution in [0, 0.1) is 0 Å². The Balaban J connectivity index is 2.93. The summed E-state index contributed by atoms with van der Waals surface area (Å²) in [5.41, 5.74) is 6.20. The van der Waals surface area contributed by atoms with Crippen LogP contribution in [-0.2, 0) is 0 Å². The first-order chi connectivity index (χ1) is 6.69. The fourth-order valence-electron chi connectivity index (χ4n) is 1.22. The molecule has 0 fully saturated rings. The van der Waals surface area contributed by atoms with Crippen molar-refractivity contribution in [1.82, 2.24) is 0 Å². The highest BCUT2D eigenvalue weighted by atomic mass is 79.9. The van der Waals surface area contributed by atoms with Crippen LogP contribution in [0.2, 0.25) is 0 Å². The van der Waals surface area contributed by atoms with Gasteiger partial charge in [-0.2, -0.15) is 0 Å². The van der Waals surface area contributed by atoms with E-state index in [9.17, 15) is 5.11 Å². The fraction of sp³-hybridized carbons (Fsp3) is 0.400.